The number of hydrogen-bond donors (Lipinski definition) is 0. The Hall–Kier alpha value is -1.65. The first kappa shape index (κ1) is 13.4. The Labute approximate surface area is 103 Å². The third kappa shape index (κ3) is 2.93. The highest BCUT2D eigenvalue weighted by molar-refractivity contribution is 7.90. The van der Waals surface area contributed by atoms with Gasteiger partial charge < -0.3 is 0 Å². The van der Waals surface area contributed by atoms with Gasteiger partial charge in [-0.25, -0.2) is 8.42 Å². The molecule has 0 aliphatic rings. The van der Waals surface area contributed by atoms with Gasteiger partial charge in [0.25, 0.3) is 5.69 Å². The smallest absolute Gasteiger partial charge is 0.258 e. The van der Waals surface area contributed by atoms with Gasteiger partial charge in [0, 0.05) is 12.3 Å². The molecular formula is C9H7ClN2O4S. The summed E-state index contributed by atoms with van der Waals surface area (Å²) in [5, 5.41) is 18.2. The van der Waals surface area contributed by atoms with Gasteiger partial charge in [-0.3, -0.25) is 10.1 Å². The summed E-state index contributed by atoms with van der Waals surface area (Å²) in [5.74, 6) is 0. The van der Waals surface area contributed by atoms with E-state index in [9.17, 15) is 18.5 Å². The van der Waals surface area contributed by atoms with Gasteiger partial charge in [-0.15, -0.1) is 11.6 Å². The summed E-state index contributed by atoms with van der Waals surface area (Å²) in [7, 11) is -3.54. The van der Waals surface area contributed by atoms with Crippen LogP contribution in [0.1, 0.15) is 10.9 Å². The molecule has 1 atom stereocenters. The van der Waals surface area contributed by atoms with Crippen LogP contribution in [0.5, 0.6) is 0 Å². The first-order chi connectivity index (χ1) is 7.77. The van der Waals surface area contributed by atoms with Crippen molar-refractivity contribution >= 4 is 27.1 Å². The molecule has 0 spiro atoms. The Morgan fingerprint density at radius 2 is 2.12 bits per heavy atom. The number of nitro groups is 1. The summed E-state index contributed by atoms with van der Waals surface area (Å²) < 4.78 is 22.5. The van der Waals surface area contributed by atoms with Gasteiger partial charge >= 0.3 is 0 Å². The highest BCUT2D eigenvalue weighted by Crippen LogP contribution is 2.31. The number of nitro benzene ring substituents is 1. The molecule has 17 heavy (non-hydrogen) atoms. The summed E-state index contributed by atoms with van der Waals surface area (Å²) in [5.41, 5.74) is -0.499. The lowest BCUT2D eigenvalue weighted by atomic mass is 10.1. The number of rotatable bonds is 3. The lowest BCUT2D eigenvalue weighted by Gasteiger charge is -2.04. The molecule has 1 aromatic rings. The molecular weight excluding hydrogens is 268 g/mol. The molecule has 0 heterocycles. The number of nitriles is 1. The maximum Gasteiger partial charge on any atom is 0.276 e. The topological polar surface area (TPSA) is 101 Å². The highest BCUT2D eigenvalue weighted by atomic mass is 35.5. The molecule has 0 amide bonds. The Bertz CT molecular complexity index is 606. The normalized spacial score (nSPS) is 12.8. The van der Waals surface area contributed by atoms with Crippen molar-refractivity contribution in [3.05, 3.63) is 33.9 Å². The minimum atomic E-state index is -3.54. The Morgan fingerprint density at radius 1 is 1.53 bits per heavy atom. The van der Waals surface area contributed by atoms with Crippen molar-refractivity contribution in [2.45, 2.75) is 10.3 Å². The van der Waals surface area contributed by atoms with E-state index in [0.29, 0.717) is 0 Å². The molecule has 0 N–H and O–H groups in total. The zero-order valence-electron chi connectivity index (χ0n) is 8.62. The van der Waals surface area contributed by atoms with Crippen molar-refractivity contribution in [3.63, 3.8) is 0 Å². The van der Waals surface area contributed by atoms with E-state index >= 15 is 0 Å². The monoisotopic (exact) mass is 274 g/mol. The molecule has 1 rings (SSSR count). The minimum Gasteiger partial charge on any atom is -0.258 e. The van der Waals surface area contributed by atoms with Gasteiger partial charge in [0.15, 0.2) is 15.2 Å². The first-order valence-corrected chi connectivity index (χ1v) is 6.62. The minimum absolute atomic E-state index is 0.0217. The number of sulfone groups is 1. The SMILES string of the molecule is CS(=O)(=O)c1ccc(C(Cl)C#N)c([N+](=O)[O-])c1. The van der Waals surface area contributed by atoms with E-state index in [-0.39, 0.29) is 10.5 Å². The molecule has 0 saturated carbocycles. The molecule has 0 radical (unpaired) electrons. The molecule has 0 bridgehead atoms. The predicted molar refractivity (Wildman–Crippen MR) is 60.4 cm³/mol. The van der Waals surface area contributed by atoms with Gasteiger partial charge in [-0.2, -0.15) is 5.26 Å². The van der Waals surface area contributed by atoms with Gasteiger partial charge in [-0.1, -0.05) is 0 Å². The fraction of sp³-hybridized carbons (Fsp3) is 0.222. The molecule has 1 unspecified atom stereocenters. The van der Waals surface area contributed by atoms with Gasteiger partial charge in [0.05, 0.1) is 21.5 Å². The third-order valence-corrected chi connectivity index (χ3v) is 3.46. The zero-order chi connectivity index (χ0) is 13.2. The van der Waals surface area contributed by atoms with Crippen LogP contribution in [0.2, 0.25) is 0 Å². The number of alkyl halides is 1. The van der Waals surface area contributed by atoms with Crippen LogP contribution in [0.25, 0.3) is 0 Å². The van der Waals surface area contributed by atoms with Crippen LogP contribution in [-0.2, 0) is 9.84 Å². The zero-order valence-corrected chi connectivity index (χ0v) is 10.2. The van der Waals surface area contributed by atoms with Crippen LogP contribution in [0.15, 0.2) is 23.1 Å². The van der Waals surface area contributed by atoms with Crippen LogP contribution >= 0.6 is 11.6 Å². The van der Waals surface area contributed by atoms with E-state index in [0.717, 1.165) is 12.3 Å². The molecule has 0 saturated heterocycles. The second-order valence-corrected chi connectivity index (χ2v) is 5.69. The fourth-order valence-corrected chi connectivity index (χ4v) is 2.02. The Morgan fingerprint density at radius 3 is 2.53 bits per heavy atom. The van der Waals surface area contributed by atoms with Crippen molar-refractivity contribution in [1.82, 2.24) is 0 Å². The van der Waals surface area contributed by atoms with Crippen LogP contribution in [0.4, 0.5) is 5.69 Å². The largest absolute Gasteiger partial charge is 0.276 e. The van der Waals surface area contributed by atoms with E-state index in [1.165, 1.54) is 12.1 Å². The van der Waals surface area contributed by atoms with Crippen LogP contribution < -0.4 is 0 Å². The third-order valence-electron chi connectivity index (χ3n) is 2.01. The van der Waals surface area contributed by atoms with Crippen molar-refractivity contribution in [3.8, 4) is 6.07 Å². The molecule has 0 fully saturated rings. The number of hydrogen-bond acceptors (Lipinski definition) is 5. The molecule has 0 aliphatic carbocycles. The number of halogens is 1. The summed E-state index contributed by atoms with van der Waals surface area (Å²) in [6.45, 7) is 0. The Kier molecular flexibility index (Phi) is 3.70. The molecule has 8 heteroatoms. The van der Waals surface area contributed by atoms with E-state index < -0.39 is 25.8 Å². The van der Waals surface area contributed by atoms with Crippen molar-refractivity contribution in [1.29, 1.82) is 5.26 Å². The van der Waals surface area contributed by atoms with Crippen molar-refractivity contribution in [2.24, 2.45) is 0 Å². The second kappa shape index (κ2) is 4.69. The molecule has 1 aromatic carbocycles. The lowest BCUT2D eigenvalue weighted by molar-refractivity contribution is -0.385. The fourth-order valence-electron chi connectivity index (χ4n) is 1.20. The van der Waals surface area contributed by atoms with E-state index in [4.69, 9.17) is 16.9 Å². The predicted octanol–water partition coefficient (Wildman–Crippen LogP) is 1.80. The van der Waals surface area contributed by atoms with Crippen LogP contribution in [0.3, 0.4) is 0 Å². The van der Waals surface area contributed by atoms with Crippen molar-refractivity contribution in [2.75, 3.05) is 6.26 Å². The molecule has 6 nitrogen and oxygen atoms in total. The lowest BCUT2D eigenvalue weighted by Crippen LogP contribution is -2.02. The average molecular weight is 275 g/mol. The summed E-state index contributed by atoms with van der Waals surface area (Å²) in [4.78, 5) is 9.81. The van der Waals surface area contributed by atoms with Crippen molar-refractivity contribution < 1.29 is 13.3 Å². The maximum absolute atomic E-state index is 11.2. The maximum atomic E-state index is 11.2. The number of nitrogens with zero attached hydrogens (tertiary/aromatic N) is 2. The standard InChI is InChI=1S/C9H7ClN2O4S/c1-17(15,16)6-2-3-7(8(10)5-11)9(4-6)12(13)14/h2-4,8H,1H3. The molecule has 90 valence electrons. The van der Waals surface area contributed by atoms with Crippen LogP contribution in [0, 0.1) is 21.4 Å². The summed E-state index contributed by atoms with van der Waals surface area (Å²) in [6.07, 6.45) is 0.939. The summed E-state index contributed by atoms with van der Waals surface area (Å²) >= 11 is 5.59. The highest BCUT2D eigenvalue weighted by Gasteiger charge is 2.23. The van der Waals surface area contributed by atoms with E-state index in [2.05, 4.69) is 0 Å². The Balaban J connectivity index is 3.49. The average Bonchev–Trinajstić information content (AvgIpc) is 2.25. The van der Waals surface area contributed by atoms with Gasteiger partial charge in [-0.05, 0) is 12.1 Å². The van der Waals surface area contributed by atoms with Gasteiger partial charge in [0.1, 0.15) is 0 Å². The first-order valence-electron chi connectivity index (χ1n) is 4.29. The molecule has 0 aliphatic heterocycles. The quantitative estimate of drug-likeness (QED) is 0.475. The molecule has 0 aromatic heterocycles. The van der Waals surface area contributed by atoms with Crippen LogP contribution in [-0.4, -0.2) is 19.6 Å². The van der Waals surface area contributed by atoms with Gasteiger partial charge in [0.2, 0.25) is 0 Å². The second-order valence-electron chi connectivity index (χ2n) is 3.24. The summed E-state index contributed by atoms with van der Waals surface area (Å²) in [6, 6.07) is 4.91. The number of benzene rings is 1. The van der Waals surface area contributed by atoms with E-state index in [1.807, 2.05) is 0 Å². The van der Waals surface area contributed by atoms with E-state index in [1.54, 1.807) is 6.07 Å².